The van der Waals surface area contributed by atoms with Crippen LogP contribution in [0.1, 0.15) is 52.9 Å². The molecule has 1 unspecified atom stereocenters. The van der Waals surface area contributed by atoms with E-state index in [2.05, 4.69) is 6.92 Å². The van der Waals surface area contributed by atoms with Crippen molar-refractivity contribution in [1.29, 1.82) is 0 Å². The van der Waals surface area contributed by atoms with Crippen LogP contribution in [-0.2, 0) is 4.79 Å². The summed E-state index contributed by atoms with van der Waals surface area (Å²) in [6.45, 7) is 5.64. The molecule has 0 aromatic carbocycles. The summed E-state index contributed by atoms with van der Waals surface area (Å²) in [5.74, 6) is 0.318. The number of fused-ring (bicyclic) bond motifs is 1. The summed E-state index contributed by atoms with van der Waals surface area (Å²) in [5.41, 5.74) is 1.24. The SMILES string of the molecule is CC1=C2C[C@H]([C@@](C)(O)CO)CCC2(C)CCC1=O. The Hall–Kier alpha value is -0.670. The molecule has 2 aliphatic carbocycles. The second-order valence-electron chi connectivity index (χ2n) is 6.54. The molecule has 2 N–H and O–H groups in total. The Labute approximate surface area is 109 Å². The Balaban J connectivity index is 2.30. The molecule has 102 valence electrons. The predicted molar refractivity (Wildman–Crippen MR) is 70.1 cm³/mol. The molecule has 0 saturated heterocycles. The molecule has 1 saturated carbocycles. The average molecular weight is 252 g/mol. The average Bonchev–Trinajstić information content (AvgIpc) is 2.34. The van der Waals surface area contributed by atoms with Crippen LogP contribution in [0.5, 0.6) is 0 Å². The third kappa shape index (κ3) is 2.14. The van der Waals surface area contributed by atoms with Gasteiger partial charge in [-0.05, 0) is 56.4 Å². The van der Waals surface area contributed by atoms with Crippen LogP contribution >= 0.6 is 0 Å². The first kappa shape index (κ1) is 13.8. The second kappa shape index (κ2) is 4.46. The van der Waals surface area contributed by atoms with Crippen molar-refractivity contribution in [3.05, 3.63) is 11.1 Å². The van der Waals surface area contributed by atoms with E-state index in [1.807, 2.05) is 6.92 Å². The number of aliphatic hydroxyl groups is 2. The van der Waals surface area contributed by atoms with E-state index in [0.29, 0.717) is 6.42 Å². The van der Waals surface area contributed by atoms with Crippen molar-refractivity contribution >= 4 is 5.78 Å². The van der Waals surface area contributed by atoms with Gasteiger partial charge < -0.3 is 10.2 Å². The summed E-state index contributed by atoms with van der Waals surface area (Å²) < 4.78 is 0. The Kier molecular flexibility index (Phi) is 3.41. The number of carbonyl (C=O) groups excluding carboxylic acids is 1. The van der Waals surface area contributed by atoms with E-state index in [1.54, 1.807) is 6.92 Å². The minimum absolute atomic E-state index is 0.0615. The van der Waals surface area contributed by atoms with Gasteiger partial charge in [-0.3, -0.25) is 4.79 Å². The lowest BCUT2D eigenvalue weighted by Gasteiger charge is -2.46. The first-order chi connectivity index (χ1) is 8.30. The Morgan fingerprint density at radius 3 is 2.72 bits per heavy atom. The van der Waals surface area contributed by atoms with Crippen LogP contribution in [0, 0.1) is 11.3 Å². The van der Waals surface area contributed by atoms with Crippen molar-refractivity contribution in [2.75, 3.05) is 6.61 Å². The summed E-state index contributed by atoms with van der Waals surface area (Å²) in [6.07, 6.45) is 4.28. The molecule has 3 heteroatoms. The fraction of sp³-hybridized carbons (Fsp3) is 0.800. The topological polar surface area (TPSA) is 57.5 Å². The second-order valence-corrected chi connectivity index (χ2v) is 6.54. The van der Waals surface area contributed by atoms with Gasteiger partial charge in [0.25, 0.3) is 0 Å². The minimum atomic E-state index is -1.03. The van der Waals surface area contributed by atoms with Crippen LogP contribution in [0.4, 0.5) is 0 Å². The zero-order chi connectivity index (χ0) is 13.6. The molecule has 0 heterocycles. The van der Waals surface area contributed by atoms with E-state index in [4.69, 9.17) is 0 Å². The number of Topliss-reactive ketones (excluding diaryl/α,β-unsaturated/α-hetero) is 1. The molecular weight excluding hydrogens is 228 g/mol. The van der Waals surface area contributed by atoms with E-state index in [-0.39, 0.29) is 23.7 Å². The van der Waals surface area contributed by atoms with Gasteiger partial charge in [-0.2, -0.15) is 0 Å². The number of rotatable bonds is 2. The van der Waals surface area contributed by atoms with E-state index < -0.39 is 5.60 Å². The highest BCUT2D eigenvalue weighted by molar-refractivity contribution is 5.96. The van der Waals surface area contributed by atoms with Gasteiger partial charge >= 0.3 is 0 Å². The Morgan fingerprint density at radius 1 is 1.44 bits per heavy atom. The Bertz CT molecular complexity index is 395. The maximum absolute atomic E-state index is 11.8. The van der Waals surface area contributed by atoms with Crippen molar-refractivity contribution in [1.82, 2.24) is 0 Å². The van der Waals surface area contributed by atoms with Crippen LogP contribution in [0.2, 0.25) is 0 Å². The highest BCUT2D eigenvalue weighted by atomic mass is 16.3. The highest BCUT2D eigenvalue weighted by Gasteiger charge is 2.44. The van der Waals surface area contributed by atoms with E-state index in [0.717, 1.165) is 31.3 Å². The van der Waals surface area contributed by atoms with Gasteiger partial charge in [-0.15, -0.1) is 0 Å². The number of hydrogen-bond acceptors (Lipinski definition) is 3. The number of hydrogen-bond donors (Lipinski definition) is 2. The Morgan fingerprint density at radius 2 is 2.11 bits per heavy atom. The molecule has 0 aromatic heterocycles. The number of aliphatic hydroxyl groups excluding tert-OH is 1. The fourth-order valence-corrected chi connectivity index (χ4v) is 3.53. The molecule has 3 nitrogen and oxygen atoms in total. The maximum Gasteiger partial charge on any atom is 0.158 e. The van der Waals surface area contributed by atoms with Crippen LogP contribution < -0.4 is 0 Å². The van der Waals surface area contributed by atoms with Crippen LogP contribution in [0.25, 0.3) is 0 Å². The lowest BCUT2D eigenvalue weighted by Crippen LogP contribution is -2.44. The lowest BCUT2D eigenvalue weighted by molar-refractivity contribution is -0.117. The van der Waals surface area contributed by atoms with Gasteiger partial charge in [0.1, 0.15) is 0 Å². The van der Waals surface area contributed by atoms with E-state index in [1.165, 1.54) is 5.57 Å². The molecule has 3 atom stereocenters. The standard InChI is InChI=1S/C15H24O3/c1-10-12-8-11(15(3,18)9-16)4-6-14(12,2)7-5-13(10)17/h11,16,18H,4-9H2,1-3H3/t11-,14?,15+/m1/s1. The molecule has 0 aromatic rings. The summed E-state index contributed by atoms with van der Waals surface area (Å²) >= 11 is 0. The third-order valence-corrected chi connectivity index (χ3v) is 5.20. The smallest absolute Gasteiger partial charge is 0.158 e. The van der Waals surface area contributed by atoms with Crippen LogP contribution in [-0.4, -0.2) is 28.2 Å². The van der Waals surface area contributed by atoms with Gasteiger partial charge in [0.15, 0.2) is 5.78 Å². The van der Waals surface area contributed by atoms with E-state index in [9.17, 15) is 15.0 Å². The number of allylic oxidation sites excluding steroid dienone is 2. The summed E-state index contributed by atoms with van der Waals surface area (Å²) in [7, 11) is 0. The third-order valence-electron chi connectivity index (χ3n) is 5.20. The van der Waals surface area contributed by atoms with Gasteiger partial charge in [-0.1, -0.05) is 12.5 Å². The van der Waals surface area contributed by atoms with Crippen molar-refractivity contribution < 1.29 is 15.0 Å². The monoisotopic (exact) mass is 252 g/mol. The summed E-state index contributed by atoms with van der Waals surface area (Å²) in [5, 5.41) is 19.5. The molecule has 2 rings (SSSR count). The number of carbonyl (C=O) groups is 1. The lowest BCUT2D eigenvalue weighted by atomic mass is 9.59. The molecule has 2 aliphatic rings. The largest absolute Gasteiger partial charge is 0.393 e. The molecule has 18 heavy (non-hydrogen) atoms. The normalized spacial score (nSPS) is 36.3. The van der Waals surface area contributed by atoms with Crippen LogP contribution in [0.3, 0.4) is 0 Å². The van der Waals surface area contributed by atoms with Gasteiger partial charge in [0, 0.05) is 6.42 Å². The maximum atomic E-state index is 11.8. The van der Waals surface area contributed by atoms with Gasteiger partial charge in [-0.25, -0.2) is 0 Å². The molecule has 1 fully saturated rings. The molecule has 0 amide bonds. The quantitative estimate of drug-likeness (QED) is 0.792. The fourth-order valence-electron chi connectivity index (χ4n) is 3.53. The molecule has 0 bridgehead atoms. The van der Waals surface area contributed by atoms with Crippen molar-refractivity contribution in [3.8, 4) is 0 Å². The summed E-state index contributed by atoms with van der Waals surface area (Å²) in [4.78, 5) is 11.8. The van der Waals surface area contributed by atoms with Crippen molar-refractivity contribution in [3.63, 3.8) is 0 Å². The zero-order valence-electron chi connectivity index (χ0n) is 11.6. The molecule has 0 radical (unpaired) electrons. The number of ketones is 1. The predicted octanol–water partition coefficient (Wildman–Crippen LogP) is 2.22. The first-order valence-corrected chi connectivity index (χ1v) is 6.87. The van der Waals surface area contributed by atoms with E-state index >= 15 is 0 Å². The zero-order valence-corrected chi connectivity index (χ0v) is 11.6. The van der Waals surface area contributed by atoms with Gasteiger partial charge in [0.2, 0.25) is 0 Å². The van der Waals surface area contributed by atoms with Crippen molar-refractivity contribution in [2.24, 2.45) is 11.3 Å². The minimum Gasteiger partial charge on any atom is -0.393 e. The van der Waals surface area contributed by atoms with Crippen LogP contribution in [0.15, 0.2) is 11.1 Å². The van der Waals surface area contributed by atoms with Gasteiger partial charge in [0.05, 0.1) is 12.2 Å². The molecule has 0 spiro atoms. The highest BCUT2D eigenvalue weighted by Crippen LogP contribution is 2.51. The molecular formula is C15H24O3. The summed E-state index contributed by atoms with van der Waals surface area (Å²) in [6, 6.07) is 0. The first-order valence-electron chi connectivity index (χ1n) is 6.87. The molecule has 0 aliphatic heterocycles. The van der Waals surface area contributed by atoms with Crippen molar-refractivity contribution in [2.45, 2.75) is 58.5 Å².